The van der Waals surface area contributed by atoms with Gasteiger partial charge in [0.25, 0.3) is 5.56 Å². The van der Waals surface area contributed by atoms with Crippen molar-refractivity contribution in [1.82, 2.24) is 9.78 Å². The molecule has 4 aromatic rings. The number of anilines is 1. The van der Waals surface area contributed by atoms with Crippen LogP contribution in [0.15, 0.2) is 65.5 Å². The molecule has 162 valence electrons. The van der Waals surface area contributed by atoms with E-state index < -0.39 is 0 Å². The minimum absolute atomic E-state index is 0.185. The normalized spacial score (nSPS) is 14.2. The molecular formula is C26H24ClN3O2. The molecule has 6 heteroatoms. The van der Waals surface area contributed by atoms with Crippen molar-refractivity contribution in [2.75, 3.05) is 31.2 Å². The predicted octanol–water partition coefficient (Wildman–Crippen LogP) is 5.16. The zero-order valence-electron chi connectivity index (χ0n) is 18.1. The molecule has 0 unspecified atom stereocenters. The average molecular weight is 446 g/mol. The first-order valence-corrected chi connectivity index (χ1v) is 11.1. The number of aromatic nitrogens is 2. The second-order valence-corrected chi connectivity index (χ2v) is 8.63. The van der Waals surface area contributed by atoms with Crippen molar-refractivity contribution in [3.8, 4) is 16.9 Å². The number of hydrogen-bond acceptors (Lipinski definition) is 4. The van der Waals surface area contributed by atoms with Crippen LogP contribution >= 0.6 is 11.6 Å². The summed E-state index contributed by atoms with van der Waals surface area (Å²) >= 11 is 6.60. The lowest BCUT2D eigenvalue weighted by Gasteiger charge is -2.29. The second kappa shape index (κ2) is 8.41. The molecule has 0 spiro atoms. The van der Waals surface area contributed by atoms with Gasteiger partial charge < -0.3 is 9.64 Å². The Labute approximate surface area is 191 Å². The van der Waals surface area contributed by atoms with Crippen LogP contribution in [0.2, 0.25) is 5.02 Å². The van der Waals surface area contributed by atoms with E-state index in [1.165, 1.54) is 4.68 Å². The topological polar surface area (TPSA) is 47.4 Å². The van der Waals surface area contributed by atoms with Gasteiger partial charge in [-0.05, 0) is 50.2 Å². The van der Waals surface area contributed by atoms with Crippen molar-refractivity contribution in [1.29, 1.82) is 0 Å². The quantitative estimate of drug-likeness (QED) is 0.437. The summed E-state index contributed by atoms with van der Waals surface area (Å²) in [6.07, 6.45) is 0. The van der Waals surface area contributed by atoms with E-state index in [2.05, 4.69) is 36.9 Å². The first-order valence-electron chi connectivity index (χ1n) is 10.7. The molecular weight excluding hydrogens is 422 g/mol. The van der Waals surface area contributed by atoms with Crippen molar-refractivity contribution in [3.05, 3.63) is 87.2 Å². The Kier molecular flexibility index (Phi) is 5.45. The van der Waals surface area contributed by atoms with Gasteiger partial charge in [-0.1, -0.05) is 47.0 Å². The fourth-order valence-electron chi connectivity index (χ4n) is 4.36. The highest BCUT2D eigenvalue weighted by atomic mass is 35.5. The average Bonchev–Trinajstić information content (AvgIpc) is 2.80. The second-order valence-electron chi connectivity index (χ2n) is 8.22. The number of benzene rings is 3. The number of nitrogens with zero attached hydrogens (tertiary/aromatic N) is 3. The van der Waals surface area contributed by atoms with E-state index in [1.807, 2.05) is 42.5 Å². The van der Waals surface area contributed by atoms with Crippen molar-refractivity contribution in [2.45, 2.75) is 13.8 Å². The number of ether oxygens (including phenoxy) is 1. The molecule has 0 atom stereocenters. The van der Waals surface area contributed by atoms with E-state index in [4.69, 9.17) is 21.4 Å². The van der Waals surface area contributed by atoms with Gasteiger partial charge in [0.15, 0.2) is 0 Å². The Morgan fingerprint density at radius 3 is 2.31 bits per heavy atom. The van der Waals surface area contributed by atoms with Gasteiger partial charge in [0, 0.05) is 29.7 Å². The van der Waals surface area contributed by atoms with Crippen LogP contribution in [0.4, 0.5) is 5.69 Å². The van der Waals surface area contributed by atoms with Crippen LogP contribution in [0.5, 0.6) is 0 Å². The van der Waals surface area contributed by atoms with E-state index in [0.29, 0.717) is 29.3 Å². The molecule has 0 aliphatic carbocycles. The van der Waals surface area contributed by atoms with Crippen LogP contribution in [0, 0.1) is 13.8 Å². The molecule has 1 saturated heterocycles. The number of fused-ring (bicyclic) bond motifs is 1. The van der Waals surface area contributed by atoms with E-state index in [9.17, 15) is 4.79 Å². The number of hydrogen-bond donors (Lipinski definition) is 0. The molecule has 0 bridgehead atoms. The molecule has 5 nitrogen and oxygen atoms in total. The zero-order chi connectivity index (χ0) is 22.2. The summed E-state index contributed by atoms with van der Waals surface area (Å²) in [5.74, 6) is 0. The van der Waals surface area contributed by atoms with Gasteiger partial charge in [0.2, 0.25) is 0 Å². The lowest BCUT2D eigenvalue weighted by molar-refractivity contribution is 0.122. The Bertz CT molecular complexity index is 1350. The Balaban J connectivity index is 1.75. The van der Waals surface area contributed by atoms with Crippen LogP contribution < -0.4 is 10.5 Å². The van der Waals surface area contributed by atoms with Crippen LogP contribution in [-0.2, 0) is 4.74 Å². The third kappa shape index (κ3) is 3.78. The highest BCUT2D eigenvalue weighted by molar-refractivity contribution is 6.32. The number of rotatable bonds is 3. The standard InChI is InChI=1S/C26H24ClN3O2/c1-17-13-18(2)15-19(14-17)25-21-5-3-4-6-22(21)26(31)30(28-25)24-16-20(7-8-23(24)27)29-9-11-32-12-10-29/h3-8,13-16H,9-12H2,1-2H3. The molecule has 3 aromatic carbocycles. The summed E-state index contributed by atoms with van der Waals surface area (Å²) < 4.78 is 6.92. The number of aryl methyl sites for hydroxylation is 2. The fraction of sp³-hybridized carbons (Fsp3) is 0.231. The number of morpholine rings is 1. The van der Waals surface area contributed by atoms with Crippen molar-refractivity contribution in [2.24, 2.45) is 0 Å². The molecule has 1 aliphatic rings. The maximum absolute atomic E-state index is 13.5. The van der Waals surface area contributed by atoms with E-state index in [-0.39, 0.29) is 5.56 Å². The fourth-order valence-corrected chi connectivity index (χ4v) is 4.56. The summed E-state index contributed by atoms with van der Waals surface area (Å²) in [6, 6.07) is 19.7. The van der Waals surface area contributed by atoms with Crippen LogP contribution in [0.1, 0.15) is 11.1 Å². The van der Waals surface area contributed by atoms with Gasteiger partial charge in [0.1, 0.15) is 0 Å². The lowest BCUT2D eigenvalue weighted by Crippen LogP contribution is -2.36. The van der Waals surface area contributed by atoms with E-state index >= 15 is 0 Å². The maximum atomic E-state index is 13.5. The molecule has 32 heavy (non-hydrogen) atoms. The molecule has 0 amide bonds. The molecule has 1 aromatic heterocycles. The van der Waals surface area contributed by atoms with Gasteiger partial charge in [-0.3, -0.25) is 4.79 Å². The molecule has 0 radical (unpaired) electrons. The smallest absolute Gasteiger partial charge is 0.279 e. The van der Waals surface area contributed by atoms with Crippen LogP contribution in [0.3, 0.4) is 0 Å². The maximum Gasteiger partial charge on any atom is 0.279 e. The summed E-state index contributed by atoms with van der Waals surface area (Å²) in [7, 11) is 0. The zero-order valence-corrected chi connectivity index (χ0v) is 18.9. The molecule has 2 heterocycles. The predicted molar refractivity (Wildman–Crippen MR) is 130 cm³/mol. The van der Waals surface area contributed by atoms with E-state index in [1.54, 1.807) is 0 Å². The van der Waals surface area contributed by atoms with Gasteiger partial charge in [0.05, 0.1) is 35.0 Å². The SMILES string of the molecule is Cc1cc(C)cc(-c2nn(-c3cc(N4CCOCC4)ccc3Cl)c(=O)c3ccccc23)c1. The third-order valence-electron chi connectivity index (χ3n) is 5.83. The van der Waals surface area contributed by atoms with Gasteiger partial charge >= 0.3 is 0 Å². The van der Waals surface area contributed by atoms with Gasteiger partial charge in [-0.15, -0.1) is 0 Å². The minimum atomic E-state index is -0.185. The summed E-state index contributed by atoms with van der Waals surface area (Å²) in [6.45, 7) is 7.10. The van der Waals surface area contributed by atoms with Crippen molar-refractivity contribution >= 4 is 28.1 Å². The third-order valence-corrected chi connectivity index (χ3v) is 6.15. The summed E-state index contributed by atoms with van der Waals surface area (Å²) in [4.78, 5) is 15.7. The summed E-state index contributed by atoms with van der Waals surface area (Å²) in [5, 5.41) is 6.78. The van der Waals surface area contributed by atoms with Crippen LogP contribution in [-0.4, -0.2) is 36.1 Å². The highest BCUT2D eigenvalue weighted by Gasteiger charge is 2.18. The molecule has 1 fully saturated rings. The number of halogens is 1. The van der Waals surface area contributed by atoms with Gasteiger partial charge in [-0.25, -0.2) is 0 Å². The Hall–Kier alpha value is -3.15. The van der Waals surface area contributed by atoms with Crippen molar-refractivity contribution < 1.29 is 4.74 Å². The van der Waals surface area contributed by atoms with Crippen molar-refractivity contribution in [3.63, 3.8) is 0 Å². The van der Waals surface area contributed by atoms with E-state index in [0.717, 1.165) is 46.5 Å². The summed E-state index contributed by atoms with van der Waals surface area (Å²) in [5.41, 5.74) is 5.44. The lowest BCUT2D eigenvalue weighted by atomic mass is 10.0. The molecule has 5 rings (SSSR count). The Morgan fingerprint density at radius 2 is 1.59 bits per heavy atom. The molecule has 1 aliphatic heterocycles. The molecule has 0 N–H and O–H groups in total. The van der Waals surface area contributed by atoms with Gasteiger partial charge in [-0.2, -0.15) is 9.78 Å². The minimum Gasteiger partial charge on any atom is -0.378 e. The largest absolute Gasteiger partial charge is 0.378 e. The van der Waals surface area contributed by atoms with Crippen LogP contribution in [0.25, 0.3) is 27.7 Å². The Morgan fingerprint density at radius 1 is 0.906 bits per heavy atom. The monoisotopic (exact) mass is 445 g/mol. The molecule has 0 saturated carbocycles. The first kappa shape index (κ1) is 20.7. The highest BCUT2D eigenvalue weighted by Crippen LogP contribution is 2.30. The first-order chi connectivity index (χ1) is 15.5.